The molecular weight excluding hydrogens is 386 g/mol. The molecule has 156 valence electrons. The van der Waals surface area contributed by atoms with E-state index in [9.17, 15) is 13.9 Å². The normalized spacial score (nSPS) is 20.8. The molecule has 1 aromatic carbocycles. The van der Waals surface area contributed by atoms with Gasteiger partial charge < -0.3 is 15.3 Å². The van der Waals surface area contributed by atoms with Gasteiger partial charge >= 0.3 is 0 Å². The summed E-state index contributed by atoms with van der Waals surface area (Å²) in [6, 6.07) is 8.93. The van der Waals surface area contributed by atoms with Crippen LogP contribution in [0, 0.1) is 11.6 Å². The van der Waals surface area contributed by atoms with Crippen molar-refractivity contribution >= 4 is 22.5 Å². The highest BCUT2D eigenvalue weighted by Crippen LogP contribution is 2.38. The summed E-state index contributed by atoms with van der Waals surface area (Å²) in [6.45, 7) is 0.714. The highest BCUT2D eigenvalue weighted by Gasteiger charge is 2.32. The molecule has 7 heteroatoms. The first-order chi connectivity index (χ1) is 14.5. The molecule has 0 bridgehead atoms. The molecule has 5 nitrogen and oxygen atoms in total. The number of hydrogen-bond acceptors (Lipinski definition) is 5. The maximum atomic E-state index is 14.4. The molecule has 1 atom stereocenters. The third-order valence-corrected chi connectivity index (χ3v) is 6.23. The molecule has 2 N–H and O–H groups in total. The zero-order chi connectivity index (χ0) is 20.7. The Balaban J connectivity index is 1.52. The predicted octanol–water partition coefficient (Wildman–Crippen LogP) is 4.92. The SMILES string of the molecule is OC1(Nc2ccnc3ccc(N4CCC[C@@H]4c4cc(F)ccc4F)nc23)CCCC1. The van der Waals surface area contributed by atoms with Crippen LogP contribution in [0.1, 0.15) is 50.1 Å². The third-order valence-electron chi connectivity index (χ3n) is 6.23. The van der Waals surface area contributed by atoms with Crippen molar-refractivity contribution in [3.63, 3.8) is 0 Å². The molecular formula is C23H24F2N4O. The van der Waals surface area contributed by atoms with Gasteiger partial charge in [0.15, 0.2) is 0 Å². The lowest BCUT2D eigenvalue weighted by molar-refractivity contribution is 0.0780. The molecule has 3 aromatic rings. The minimum atomic E-state index is -0.924. The molecule has 0 unspecified atom stereocenters. The average Bonchev–Trinajstić information content (AvgIpc) is 3.39. The number of aromatic nitrogens is 2. The minimum Gasteiger partial charge on any atom is -0.371 e. The molecule has 2 fully saturated rings. The molecule has 3 heterocycles. The van der Waals surface area contributed by atoms with E-state index in [0.717, 1.165) is 43.0 Å². The van der Waals surface area contributed by atoms with Crippen LogP contribution in [0.5, 0.6) is 0 Å². The molecule has 2 aliphatic rings. The van der Waals surface area contributed by atoms with Crippen molar-refractivity contribution in [3.05, 3.63) is 59.8 Å². The molecule has 1 aliphatic carbocycles. The fourth-order valence-corrected chi connectivity index (χ4v) is 4.75. The van der Waals surface area contributed by atoms with Crippen LogP contribution in [0.4, 0.5) is 20.3 Å². The van der Waals surface area contributed by atoms with Gasteiger partial charge in [0.2, 0.25) is 0 Å². The van der Waals surface area contributed by atoms with E-state index >= 15 is 0 Å². The summed E-state index contributed by atoms with van der Waals surface area (Å²) in [5, 5.41) is 14.0. The van der Waals surface area contributed by atoms with Gasteiger partial charge in [0, 0.05) is 18.3 Å². The number of pyridine rings is 2. The Bertz CT molecular complexity index is 1080. The topological polar surface area (TPSA) is 61.3 Å². The van der Waals surface area contributed by atoms with E-state index in [2.05, 4.69) is 10.3 Å². The largest absolute Gasteiger partial charge is 0.371 e. The van der Waals surface area contributed by atoms with Gasteiger partial charge in [0.05, 0.1) is 17.2 Å². The number of benzene rings is 1. The number of anilines is 2. The second-order valence-electron chi connectivity index (χ2n) is 8.28. The Kier molecular flexibility index (Phi) is 4.77. The van der Waals surface area contributed by atoms with E-state index in [1.165, 1.54) is 12.1 Å². The first-order valence-corrected chi connectivity index (χ1v) is 10.5. The Labute approximate surface area is 173 Å². The summed E-state index contributed by atoms with van der Waals surface area (Å²) >= 11 is 0. The number of hydrogen-bond donors (Lipinski definition) is 2. The van der Waals surface area contributed by atoms with Crippen LogP contribution in [0.2, 0.25) is 0 Å². The van der Waals surface area contributed by atoms with Crippen LogP contribution >= 0.6 is 0 Å². The monoisotopic (exact) mass is 410 g/mol. The fourth-order valence-electron chi connectivity index (χ4n) is 4.75. The zero-order valence-electron chi connectivity index (χ0n) is 16.6. The number of nitrogens with zero attached hydrogens (tertiary/aromatic N) is 3. The second-order valence-corrected chi connectivity index (χ2v) is 8.28. The van der Waals surface area contributed by atoms with Gasteiger partial charge in [0.1, 0.15) is 28.7 Å². The summed E-state index contributed by atoms with van der Waals surface area (Å²) in [7, 11) is 0. The quantitative estimate of drug-likeness (QED) is 0.598. The third kappa shape index (κ3) is 3.47. The van der Waals surface area contributed by atoms with Crippen molar-refractivity contribution in [2.75, 3.05) is 16.8 Å². The maximum absolute atomic E-state index is 14.4. The van der Waals surface area contributed by atoms with E-state index in [4.69, 9.17) is 4.98 Å². The maximum Gasteiger partial charge on any atom is 0.135 e. The number of halogens is 2. The fraction of sp³-hybridized carbons (Fsp3) is 0.391. The molecule has 0 radical (unpaired) electrons. The van der Waals surface area contributed by atoms with E-state index in [-0.39, 0.29) is 6.04 Å². The minimum absolute atomic E-state index is 0.266. The standard InChI is InChI=1S/C23H24F2N4O/c24-15-5-6-17(25)16(14-15)20-4-3-13-29(20)21-8-7-18-22(27-21)19(9-12-26-18)28-23(30)10-1-2-11-23/h5-9,12,14,20,30H,1-4,10-11,13H2,(H,26,28)/t20-/m1/s1. The van der Waals surface area contributed by atoms with Crippen LogP contribution < -0.4 is 10.2 Å². The summed E-state index contributed by atoms with van der Waals surface area (Å²) in [5.74, 6) is -0.144. The summed E-state index contributed by atoms with van der Waals surface area (Å²) in [4.78, 5) is 11.3. The lowest BCUT2D eigenvalue weighted by Crippen LogP contribution is -2.34. The van der Waals surface area contributed by atoms with E-state index in [1.54, 1.807) is 6.20 Å². The highest BCUT2D eigenvalue weighted by molar-refractivity contribution is 5.88. The van der Waals surface area contributed by atoms with Crippen LogP contribution in [0.15, 0.2) is 42.6 Å². The average molecular weight is 410 g/mol. The second kappa shape index (κ2) is 7.47. The van der Waals surface area contributed by atoms with Crippen molar-refractivity contribution in [3.8, 4) is 0 Å². The molecule has 1 aliphatic heterocycles. The van der Waals surface area contributed by atoms with E-state index in [0.29, 0.717) is 36.3 Å². The van der Waals surface area contributed by atoms with Gasteiger partial charge in [0.25, 0.3) is 0 Å². The Morgan fingerprint density at radius 1 is 1.07 bits per heavy atom. The summed E-state index contributed by atoms with van der Waals surface area (Å²) in [6.07, 6.45) is 6.67. The van der Waals surface area contributed by atoms with Gasteiger partial charge in [-0.3, -0.25) is 4.98 Å². The van der Waals surface area contributed by atoms with Crippen LogP contribution in [0.25, 0.3) is 11.0 Å². The molecule has 1 saturated heterocycles. The van der Waals surface area contributed by atoms with Gasteiger partial charge in [-0.25, -0.2) is 13.8 Å². The highest BCUT2D eigenvalue weighted by atomic mass is 19.1. The number of nitrogens with one attached hydrogen (secondary N) is 1. The Morgan fingerprint density at radius 2 is 1.90 bits per heavy atom. The molecule has 2 aromatic heterocycles. The van der Waals surface area contributed by atoms with Crippen LogP contribution in [0.3, 0.4) is 0 Å². The van der Waals surface area contributed by atoms with Gasteiger partial charge in [-0.05, 0) is 74.9 Å². The van der Waals surface area contributed by atoms with Crippen molar-refractivity contribution in [1.82, 2.24) is 9.97 Å². The smallest absolute Gasteiger partial charge is 0.135 e. The van der Waals surface area contributed by atoms with Crippen molar-refractivity contribution in [2.45, 2.75) is 50.3 Å². The lowest BCUT2D eigenvalue weighted by atomic mass is 10.0. The Hall–Kier alpha value is -2.80. The number of aliphatic hydroxyl groups is 1. The van der Waals surface area contributed by atoms with Crippen molar-refractivity contribution in [1.29, 1.82) is 0 Å². The number of fused-ring (bicyclic) bond motifs is 1. The van der Waals surface area contributed by atoms with Crippen molar-refractivity contribution < 1.29 is 13.9 Å². The molecule has 0 spiro atoms. The first kappa shape index (κ1) is 19.2. The Morgan fingerprint density at radius 3 is 2.73 bits per heavy atom. The van der Waals surface area contributed by atoms with Crippen LogP contribution in [-0.2, 0) is 0 Å². The van der Waals surface area contributed by atoms with Gasteiger partial charge in [-0.2, -0.15) is 0 Å². The molecule has 0 amide bonds. The van der Waals surface area contributed by atoms with Crippen LogP contribution in [-0.4, -0.2) is 27.3 Å². The molecule has 1 saturated carbocycles. The zero-order valence-corrected chi connectivity index (χ0v) is 16.6. The molecule has 5 rings (SSSR count). The van der Waals surface area contributed by atoms with Crippen molar-refractivity contribution in [2.24, 2.45) is 0 Å². The predicted molar refractivity (Wildman–Crippen MR) is 112 cm³/mol. The van der Waals surface area contributed by atoms with E-state index < -0.39 is 17.4 Å². The van der Waals surface area contributed by atoms with E-state index in [1.807, 2.05) is 23.1 Å². The van der Waals surface area contributed by atoms with Gasteiger partial charge in [-0.15, -0.1) is 0 Å². The molecule has 30 heavy (non-hydrogen) atoms. The number of rotatable bonds is 4. The lowest BCUT2D eigenvalue weighted by Gasteiger charge is -2.28. The first-order valence-electron chi connectivity index (χ1n) is 10.5. The summed E-state index contributed by atoms with van der Waals surface area (Å²) < 4.78 is 28.2. The van der Waals surface area contributed by atoms with Gasteiger partial charge in [-0.1, -0.05) is 0 Å². The summed E-state index contributed by atoms with van der Waals surface area (Å²) in [5.41, 5.74) is 1.56.